The van der Waals surface area contributed by atoms with Gasteiger partial charge in [0.25, 0.3) is 5.91 Å². The average molecular weight is 309 g/mol. The lowest BCUT2D eigenvalue weighted by Crippen LogP contribution is -2.13. The van der Waals surface area contributed by atoms with Gasteiger partial charge in [0.2, 0.25) is 0 Å². The van der Waals surface area contributed by atoms with Gasteiger partial charge in [0.05, 0.1) is 15.9 Å². The lowest BCUT2D eigenvalue weighted by Gasteiger charge is -2.00. The molecule has 3 aromatic heterocycles. The number of nitrogens with zero attached hydrogens (tertiary/aromatic N) is 4. The molecule has 0 saturated heterocycles. The number of carbonyl (C=O) groups excluding carboxylic acids is 1. The number of benzene rings is 1. The van der Waals surface area contributed by atoms with Crippen LogP contribution in [0.2, 0.25) is 0 Å². The highest BCUT2D eigenvalue weighted by Gasteiger charge is 2.19. The van der Waals surface area contributed by atoms with Crippen molar-refractivity contribution in [3.63, 3.8) is 0 Å². The summed E-state index contributed by atoms with van der Waals surface area (Å²) in [6.45, 7) is 1.79. The predicted octanol–water partition coefficient (Wildman–Crippen LogP) is 2.90. The number of anilines is 1. The Morgan fingerprint density at radius 2 is 2.14 bits per heavy atom. The summed E-state index contributed by atoms with van der Waals surface area (Å²) in [4.78, 5) is 21.2. The maximum absolute atomic E-state index is 12.5. The molecule has 1 N–H and O–H groups in total. The number of para-hydroxylation sites is 1. The van der Waals surface area contributed by atoms with Gasteiger partial charge < -0.3 is 0 Å². The minimum Gasteiger partial charge on any atom is -0.298 e. The molecule has 0 atom stereocenters. The fourth-order valence-electron chi connectivity index (χ4n) is 2.35. The second kappa shape index (κ2) is 4.88. The Bertz CT molecular complexity index is 970. The summed E-state index contributed by atoms with van der Waals surface area (Å²) in [6, 6.07) is 9.54. The quantitative estimate of drug-likeness (QED) is 0.618. The fourth-order valence-corrected chi connectivity index (χ4v) is 3.21. The minimum atomic E-state index is -0.245. The molecule has 3 heterocycles. The minimum absolute atomic E-state index is 0.245. The molecule has 0 aliphatic heterocycles. The Morgan fingerprint density at radius 3 is 3.00 bits per heavy atom. The second-order valence-electron chi connectivity index (χ2n) is 4.79. The summed E-state index contributed by atoms with van der Waals surface area (Å²) in [5, 5.41) is 7.71. The topological polar surface area (TPSA) is 72.2 Å². The van der Waals surface area contributed by atoms with E-state index in [1.165, 1.54) is 11.3 Å². The Balaban J connectivity index is 1.73. The molecule has 7 heteroatoms. The Hall–Kier alpha value is -2.80. The first kappa shape index (κ1) is 12.9. The number of hydrogen-bond acceptors (Lipinski definition) is 5. The monoisotopic (exact) mass is 309 g/mol. The Kier molecular flexibility index (Phi) is 2.87. The van der Waals surface area contributed by atoms with Crippen LogP contribution in [0, 0.1) is 6.92 Å². The molecule has 4 rings (SSSR count). The van der Waals surface area contributed by atoms with Crippen molar-refractivity contribution in [2.75, 3.05) is 5.32 Å². The Labute approximate surface area is 129 Å². The molecule has 108 valence electrons. The van der Waals surface area contributed by atoms with Gasteiger partial charge in [0, 0.05) is 12.4 Å². The van der Waals surface area contributed by atoms with Crippen LogP contribution in [-0.2, 0) is 0 Å². The standard InChI is InChI=1S/C15H11N5OS/c1-9-12(13-16-7-4-8-20(13)19-9)14(21)18-15-17-10-5-2-3-6-11(10)22-15/h2-8H,1H3,(H,17,18,21). The average Bonchev–Trinajstić information content (AvgIpc) is 3.05. The SMILES string of the molecule is Cc1nn2cccnc2c1C(=O)Nc1nc2ccccc2s1. The van der Waals surface area contributed by atoms with Gasteiger partial charge in [-0.3, -0.25) is 10.1 Å². The zero-order valence-corrected chi connectivity index (χ0v) is 12.5. The molecular weight excluding hydrogens is 298 g/mol. The Morgan fingerprint density at radius 1 is 1.27 bits per heavy atom. The number of thiazole rings is 1. The molecule has 0 spiro atoms. The van der Waals surface area contributed by atoms with Crippen molar-refractivity contribution in [1.82, 2.24) is 19.6 Å². The van der Waals surface area contributed by atoms with E-state index in [-0.39, 0.29) is 5.91 Å². The number of amides is 1. The number of aromatic nitrogens is 4. The summed E-state index contributed by atoms with van der Waals surface area (Å²) < 4.78 is 2.63. The first-order valence-electron chi connectivity index (χ1n) is 6.69. The van der Waals surface area contributed by atoms with E-state index in [4.69, 9.17) is 0 Å². The number of carbonyl (C=O) groups is 1. The summed E-state index contributed by atoms with van der Waals surface area (Å²) in [6.07, 6.45) is 3.41. The van der Waals surface area contributed by atoms with Crippen molar-refractivity contribution in [3.05, 3.63) is 54.0 Å². The zero-order chi connectivity index (χ0) is 15.1. The summed E-state index contributed by atoms with van der Waals surface area (Å²) in [7, 11) is 0. The van der Waals surface area contributed by atoms with Gasteiger partial charge in [-0.05, 0) is 25.1 Å². The van der Waals surface area contributed by atoms with E-state index in [2.05, 4.69) is 20.4 Å². The molecule has 1 aromatic carbocycles. The van der Waals surface area contributed by atoms with Gasteiger partial charge in [-0.25, -0.2) is 14.5 Å². The smallest absolute Gasteiger partial charge is 0.263 e. The first-order chi connectivity index (χ1) is 10.7. The maximum Gasteiger partial charge on any atom is 0.263 e. The molecule has 0 saturated carbocycles. The third-order valence-electron chi connectivity index (χ3n) is 3.31. The van der Waals surface area contributed by atoms with Gasteiger partial charge >= 0.3 is 0 Å². The molecule has 0 radical (unpaired) electrons. The van der Waals surface area contributed by atoms with Crippen LogP contribution >= 0.6 is 11.3 Å². The number of hydrogen-bond donors (Lipinski definition) is 1. The predicted molar refractivity (Wildman–Crippen MR) is 85.3 cm³/mol. The van der Waals surface area contributed by atoms with Gasteiger partial charge in [-0.2, -0.15) is 5.10 Å². The van der Waals surface area contributed by atoms with Gasteiger partial charge in [-0.15, -0.1) is 0 Å². The van der Waals surface area contributed by atoms with E-state index in [1.54, 1.807) is 29.9 Å². The van der Waals surface area contributed by atoms with E-state index >= 15 is 0 Å². The highest BCUT2D eigenvalue weighted by Crippen LogP contribution is 2.26. The molecule has 1 amide bonds. The zero-order valence-electron chi connectivity index (χ0n) is 11.6. The number of fused-ring (bicyclic) bond motifs is 2. The van der Waals surface area contributed by atoms with E-state index in [0.29, 0.717) is 22.0 Å². The van der Waals surface area contributed by atoms with Crippen LogP contribution in [0.1, 0.15) is 16.1 Å². The van der Waals surface area contributed by atoms with Gasteiger partial charge in [0.1, 0.15) is 5.56 Å². The molecular formula is C15H11N5OS. The first-order valence-corrected chi connectivity index (χ1v) is 7.51. The van der Waals surface area contributed by atoms with E-state index in [0.717, 1.165) is 10.2 Å². The maximum atomic E-state index is 12.5. The van der Waals surface area contributed by atoms with Crippen molar-refractivity contribution in [2.45, 2.75) is 6.92 Å². The molecule has 22 heavy (non-hydrogen) atoms. The van der Waals surface area contributed by atoms with Crippen molar-refractivity contribution >= 4 is 38.2 Å². The van der Waals surface area contributed by atoms with E-state index in [9.17, 15) is 4.79 Å². The van der Waals surface area contributed by atoms with Gasteiger partial charge in [-0.1, -0.05) is 23.5 Å². The fraction of sp³-hybridized carbons (Fsp3) is 0.0667. The number of nitrogens with one attached hydrogen (secondary N) is 1. The largest absolute Gasteiger partial charge is 0.298 e. The second-order valence-corrected chi connectivity index (χ2v) is 5.82. The number of aryl methyl sites for hydroxylation is 1. The third-order valence-corrected chi connectivity index (χ3v) is 4.26. The molecule has 0 aliphatic rings. The molecule has 6 nitrogen and oxygen atoms in total. The van der Waals surface area contributed by atoms with Crippen LogP contribution < -0.4 is 5.32 Å². The van der Waals surface area contributed by atoms with Crippen molar-refractivity contribution < 1.29 is 4.79 Å². The van der Waals surface area contributed by atoms with E-state index < -0.39 is 0 Å². The van der Waals surface area contributed by atoms with Crippen LogP contribution in [0.25, 0.3) is 15.9 Å². The third kappa shape index (κ3) is 2.03. The van der Waals surface area contributed by atoms with Gasteiger partial charge in [0.15, 0.2) is 10.8 Å². The van der Waals surface area contributed by atoms with Crippen LogP contribution in [0.3, 0.4) is 0 Å². The molecule has 0 fully saturated rings. The van der Waals surface area contributed by atoms with Crippen LogP contribution in [0.15, 0.2) is 42.7 Å². The highest BCUT2D eigenvalue weighted by molar-refractivity contribution is 7.22. The summed E-state index contributed by atoms with van der Waals surface area (Å²) in [5.74, 6) is -0.245. The van der Waals surface area contributed by atoms with Crippen LogP contribution in [0.5, 0.6) is 0 Å². The molecule has 0 bridgehead atoms. The van der Waals surface area contributed by atoms with Crippen LogP contribution in [0.4, 0.5) is 5.13 Å². The van der Waals surface area contributed by atoms with Crippen molar-refractivity contribution in [3.8, 4) is 0 Å². The summed E-state index contributed by atoms with van der Waals surface area (Å²) >= 11 is 1.44. The number of rotatable bonds is 2. The molecule has 0 aliphatic carbocycles. The molecule has 0 unspecified atom stereocenters. The summed E-state index contributed by atoms with van der Waals surface area (Å²) in [5.41, 5.74) is 2.52. The van der Waals surface area contributed by atoms with Crippen molar-refractivity contribution in [1.29, 1.82) is 0 Å². The lowest BCUT2D eigenvalue weighted by atomic mass is 10.2. The lowest BCUT2D eigenvalue weighted by molar-refractivity contribution is 0.102. The normalized spacial score (nSPS) is 11.1. The molecule has 4 aromatic rings. The highest BCUT2D eigenvalue weighted by atomic mass is 32.1. The van der Waals surface area contributed by atoms with Crippen LogP contribution in [-0.4, -0.2) is 25.5 Å². The van der Waals surface area contributed by atoms with E-state index in [1.807, 2.05) is 24.3 Å². The van der Waals surface area contributed by atoms with Crippen molar-refractivity contribution in [2.24, 2.45) is 0 Å².